The minimum absolute atomic E-state index is 0.355. The van der Waals surface area contributed by atoms with Gasteiger partial charge in [-0.15, -0.1) is 0 Å². The first kappa shape index (κ1) is 18.5. The van der Waals surface area contributed by atoms with Crippen LogP contribution >= 0.6 is 0 Å². The Balaban J connectivity index is 1.87. The van der Waals surface area contributed by atoms with E-state index in [1.807, 2.05) is 6.07 Å². The van der Waals surface area contributed by atoms with E-state index in [1.165, 1.54) is 7.11 Å². The van der Waals surface area contributed by atoms with Crippen molar-refractivity contribution in [1.29, 1.82) is 0 Å². The van der Waals surface area contributed by atoms with Gasteiger partial charge in [0, 0.05) is 28.6 Å². The fraction of sp³-hybridized carbons (Fsp3) is 0.174. The number of anilines is 1. The lowest BCUT2D eigenvalue weighted by Crippen LogP contribution is -2.57. The predicted molar refractivity (Wildman–Crippen MR) is 110 cm³/mol. The summed E-state index contributed by atoms with van der Waals surface area (Å²) in [6.45, 7) is 0. The van der Waals surface area contributed by atoms with Crippen LogP contribution in [0.25, 0.3) is 22.2 Å². The van der Waals surface area contributed by atoms with Gasteiger partial charge in [0.2, 0.25) is 5.66 Å². The molecule has 0 aliphatic carbocycles. The smallest absolute Gasteiger partial charge is 0.432 e. The summed E-state index contributed by atoms with van der Waals surface area (Å²) in [5, 5.41) is 7.84. The van der Waals surface area contributed by atoms with Crippen molar-refractivity contribution in [3.05, 3.63) is 78.4 Å². The molecule has 0 spiro atoms. The Morgan fingerprint density at radius 1 is 0.967 bits per heavy atom. The third-order valence-electron chi connectivity index (χ3n) is 5.57. The second-order valence-corrected chi connectivity index (χ2v) is 7.29. The zero-order chi connectivity index (χ0) is 20.9. The number of aromatic nitrogens is 2. The Labute approximate surface area is 170 Å². The number of hydrogen-bond acceptors (Lipinski definition) is 3. The maximum atomic E-state index is 14.9. The normalized spacial score (nSPS) is 18.0. The minimum Gasteiger partial charge on any atom is -0.496 e. The third-order valence-corrected chi connectivity index (χ3v) is 5.57. The molecule has 5 rings (SSSR count). The molecule has 4 aromatic rings. The average molecular weight is 409 g/mol. The van der Waals surface area contributed by atoms with Crippen molar-refractivity contribution in [3.63, 3.8) is 0 Å². The third kappa shape index (κ3) is 2.58. The van der Waals surface area contributed by atoms with Crippen molar-refractivity contribution in [1.82, 2.24) is 9.78 Å². The monoisotopic (exact) mass is 409 g/mol. The second-order valence-electron chi connectivity index (χ2n) is 7.29. The number of fused-ring (bicyclic) bond motifs is 5. The molecule has 1 aliphatic rings. The van der Waals surface area contributed by atoms with Gasteiger partial charge in [0.25, 0.3) is 0 Å². The fourth-order valence-corrected chi connectivity index (χ4v) is 4.21. The maximum Gasteiger partial charge on any atom is 0.432 e. The van der Waals surface area contributed by atoms with Gasteiger partial charge in [-0.25, -0.2) is 4.68 Å². The number of nitrogens with one attached hydrogen (secondary N) is 1. The number of ether oxygens (including phenoxy) is 1. The molecule has 1 unspecified atom stereocenters. The summed E-state index contributed by atoms with van der Waals surface area (Å²) >= 11 is 0. The van der Waals surface area contributed by atoms with Crippen molar-refractivity contribution >= 4 is 16.6 Å². The molecule has 30 heavy (non-hydrogen) atoms. The van der Waals surface area contributed by atoms with E-state index in [0.29, 0.717) is 39.2 Å². The number of nitrogens with zero attached hydrogens (tertiary/aromatic N) is 2. The lowest BCUT2D eigenvalue weighted by Gasteiger charge is -2.42. The number of hydrogen-bond donors (Lipinski definition) is 1. The molecule has 1 atom stereocenters. The lowest BCUT2D eigenvalue weighted by molar-refractivity contribution is -0.208. The van der Waals surface area contributed by atoms with Gasteiger partial charge in [-0.3, -0.25) is 0 Å². The van der Waals surface area contributed by atoms with Gasteiger partial charge in [0.05, 0.1) is 18.3 Å². The molecule has 1 aliphatic heterocycles. The van der Waals surface area contributed by atoms with Crippen LogP contribution in [0, 0.1) is 0 Å². The van der Waals surface area contributed by atoms with E-state index in [9.17, 15) is 13.2 Å². The van der Waals surface area contributed by atoms with Gasteiger partial charge in [-0.2, -0.15) is 18.3 Å². The highest BCUT2D eigenvalue weighted by molar-refractivity contribution is 5.95. The Kier molecular flexibility index (Phi) is 4.03. The van der Waals surface area contributed by atoms with E-state index in [-0.39, 0.29) is 6.42 Å². The molecule has 0 radical (unpaired) electrons. The van der Waals surface area contributed by atoms with Crippen molar-refractivity contribution in [3.8, 4) is 17.0 Å². The standard InChI is InChI=1S/C23H18F3N3O/c1-30-20-13-7-11-16-18(20)14-22(23(24,25)26,27-15-8-3-2-4-9-15)29-21(16)17-10-5-6-12-19(17)28-29/h2-13,27H,14H2,1H3. The molecule has 1 N–H and O–H groups in total. The molecule has 0 saturated carbocycles. The first-order valence-corrected chi connectivity index (χ1v) is 9.49. The van der Waals surface area contributed by atoms with Crippen LogP contribution in [0.1, 0.15) is 5.56 Å². The topological polar surface area (TPSA) is 39.1 Å². The van der Waals surface area contributed by atoms with Crippen molar-refractivity contribution in [2.75, 3.05) is 12.4 Å². The Bertz CT molecular complexity index is 1230. The molecular weight excluding hydrogens is 391 g/mol. The molecule has 7 heteroatoms. The Morgan fingerprint density at radius 3 is 2.43 bits per heavy atom. The fourth-order valence-electron chi connectivity index (χ4n) is 4.21. The Hall–Kier alpha value is -3.48. The van der Waals surface area contributed by atoms with E-state index in [4.69, 9.17) is 4.74 Å². The summed E-state index contributed by atoms with van der Waals surface area (Å²) in [7, 11) is 1.47. The quantitative estimate of drug-likeness (QED) is 0.479. The van der Waals surface area contributed by atoms with Crippen LogP contribution in [0.2, 0.25) is 0 Å². The molecule has 4 nitrogen and oxygen atoms in total. The van der Waals surface area contributed by atoms with E-state index < -0.39 is 11.8 Å². The first-order chi connectivity index (χ1) is 14.4. The van der Waals surface area contributed by atoms with Crippen LogP contribution in [0.5, 0.6) is 5.75 Å². The number of para-hydroxylation sites is 1. The van der Waals surface area contributed by atoms with Crippen LogP contribution in [0.4, 0.5) is 18.9 Å². The highest BCUT2D eigenvalue weighted by Gasteiger charge is 2.60. The summed E-state index contributed by atoms with van der Waals surface area (Å²) in [6, 6.07) is 20.8. The highest BCUT2D eigenvalue weighted by Crippen LogP contribution is 2.50. The predicted octanol–water partition coefficient (Wildman–Crippen LogP) is 5.60. The van der Waals surface area contributed by atoms with Crippen molar-refractivity contribution in [2.24, 2.45) is 0 Å². The van der Waals surface area contributed by atoms with Crippen LogP contribution in [0.3, 0.4) is 0 Å². The molecular formula is C23H18F3N3O. The average Bonchev–Trinajstić information content (AvgIpc) is 3.14. The van der Waals surface area contributed by atoms with Gasteiger partial charge in [0.1, 0.15) is 5.75 Å². The van der Waals surface area contributed by atoms with Gasteiger partial charge in [-0.1, -0.05) is 48.5 Å². The SMILES string of the molecule is COc1cccc2c1CC(Nc1ccccc1)(C(F)(F)F)n1nc3ccccc3c1-2. The van der Waals surface area contributed by atoms with Crippen LogP contribution in [-0.2, 0) is 12.1 Å². The largest absolute Gasteiger partial charge is 0.496 e. The molecule has 0 fully saturated rings. The highest BCUT2D eigenvalue weighted by atomic mass is 19.4. The van der Waals surface area contributed by atoms with Gasteiger partial charge in [0.15, 0.2) is 0 Å². The number of alkyl halides is 3. The first-order valence-electron chi connectivity index (χ1n) is 9.49. The summed E-state index contributed by atoms with van der Waals surface area (Å²) in [6.07, 6.45) is -5.00. The zero-order valence-electron chi connectivity index (χ0n) is 16.1. The van der Waals surface area contributed by atoms with Crippen molar-refractivity contribution < 1.29 is 17.9 Å². The molecule has 0 saturated heterocycles. The lowest BCUT2D eigenvalue weighted by atomic mass is 9.87. The molecule has 3 aromatic carbocycles. The van der Waals surface area contributed by atoms with Gasteiger partial charge < -0.3 is 10.1 Å². The molecule has 1 aromatic heterocycles. The van der Waals surface area contributed by atoms with Gasteiger partial charge >= 0.3 is 6.18 Å². The summed E-state index contributed by atoms with van der Waals surface area (Å²) < 4.78 is 51.1. The molecule has 2 heterocycles. The maximum absolute atomic E-state index is 14.9. The van der Waals surface area contributed by atoms with Crippen LogP contribution in [0.15, 0.2) is 72.8 Å². The van der Waals surface area contributed by atoms with Crippen LogP contribution < -0.4 is 10.1 Å². The number of rotatable bonds is 3. The second kappa shape index (κ2) is 6.52. The molecule has 152 valence electrons. The van der Waals surface area contributed by atoms with Crippen molar-refractivity contribution in [2.45, 2.75) is 18.3 Å². The molecule has 0 amide bonds. The minimum atomic E-state index is -4.64. The number of methoxy groups -OCH3 is 1. The Morgan fingerprint density at radius 2 is 1.70 bits per heavy atom. The number of halogens is 3. The van der Waals surface area contributed by atoms with Crippen LogP contribution in [-0.4, -0.2) is 23.1 Å². The van der Waals surface area contributed by atoms with E-state index in [0.717, 1.165) is 4.68 Å². The summed E-state index contributed by atoms with van der Waals surface area (Å²) in [4.78, 5) is 0. The number of benzene rings is 3. The van der Waals surface area contributed by atoms with E-state index in [2.05, 4.69) is 10.4 Å². The zero-order valence-corrected chi connectivity index (χ0v) is 16.1. The summed E-state index contributed by atoms with van der Waals surface area (Å²) in [5.41, 5.74) is 0.0122. The van der Waals surface area contributed by atoms with Gasteiger partial charge in [-0.05, 0) is 24.3 Å². The van der Waals surface area contributed by atoms with E-state index >= 15 is 0 Å². The summed E-state index contributed by atoms with van der Waals surface area (Å²) in [5.74, 6) is 0.424. The molecule has 0 bridgehead atoms. The van der Waals surface area contributed by atoms with E-state index in [1.54, 1.807) is 66.7 Å².